The number of carbonyl (C=O) groups excluding carboxylic acids is 2. The second-order valence-corrected chi connectivity index (χ2v) is 6.18. The van der Waals surface area contributed by atoms with E-state index in [1.807, 2.05) is 35.8 Å². The quantitative estimate of drug-likeness (QED) is 0.730. The Balaban J connectivity index is 2.31. The number of rotatable bonds is 7. The van der Waals surface area contributed by atoms with E-state index in [1.54, 1.807) is 6.92 Å². The predicted octanol–water partition coefficient (Wildman–Crippen LogP) is 3.27. The highest BCUT2D eigenvalue weighted by Gasteiger charge is 2.10. The molecule has 0 saturated carbocycles. The number of benzene rings is 1. The standard InChI is InChI=1S/C17H22N2O3S/c1-3-5-10-15(20)18-17-19(12-11-16(21)22-4-2)13-8-6-7-9-14(13)23-17/h6-9H,3-5,10-12H2,1-2H3. The molecule has 0 radical (unpaired) electrons. The molecule has 0 aliphatic rings. The number of carbonyl (C=O) groups is 2. The fraction of sp³-hybridized carbons (Fsp3) is 0.471. The van der Waals surface area contributed by atoms with Crippen molar-refractivity contribution in [1.82, 2.24) is 4.57 Å². The van der Waals surface area contributed by atoms with Gasteiger partial charge in [-0.3, -0.25) is 9.59 Å². The Kier molecular flexibility index (Phi) is 6.52. The lowest BCUT2D eigenvalue weighted by Crippen LogP contribution is -2.19. The summed E-state index contributed by atoms with van der Waals surface area (Å²) >= 11 is 1.47. The van der Waals surface area contributed by atoms with E-state index in [2.05, 4.69) is 4.99 Å². The van der Waals surface area contributed by atoms with Crippen molar-refractivity contribution in [2.75, 3.05) is 6.61 Å². The Labute approximate surface area is 139 Å². The molecular weight excluding hydrogens is 312 g/mol. The molecular formula is C17H22N2O3S. The van der Waals surface area contributed by atoms with Crippen LogP contribution in [0.25, 0.3) is 10.2 Å². The molecule has 1 aromatic carbocycles. The first kappa shape index (κ1) is 17.4. The maximum Gasteiger partial charge on any atom is 0.307 e. The van der Waals surface area contributed by atoms with E-state index in [0.29, 0.717) is 24.4 Å². The number of thiazole rings is 1. The minimum Gasteiger partial charge on any atom is -0.466 e. The van der Waals surface area contributed by atoms with Crippen molar-refractivity contribution in [3.8, 4) is 0 Å². The van der Waals surface area contributed by atoms with E-state index in [-0.39, 0.29) is 18.3 Å². The average Bonchev–Trinajstić information content (AvgIpc) is 2.88. The van der Waals surface area contributed by atoms with E-state index >= 15 is 0 Å². The summed E-state index contributed by atoms with van der Waals surface area (Å²) in [6, 6.07) is 7.87. The van der Waals surface area contributed by atoms with Gasteiger partial charge in [0.15, 0.2) is 4.80 Å². The van der Waals surface area contributed by atoms with Gasteiger partial charge in [-0.05, 0) is 25.5 Å². The van der Waals surface area contributed by atoms with Crippen LogP contribution in [0.1, 0.15) is 39.5 Å². The zero-order valence-corrected chi connectivity index (χ0v) is 14.4. The van der Waals surface area contributed by atoms with Crippen molar-refractivity contribution in [3.63, 3.8) is 0 Å². The summed E-state index contributed by atoms with van der Waals surface area (Å²) in [5, 5.41) is 0. The Morgan fingerprint density at radius 2 is 2.00 bits per heavy atom. The predicted molar refractivity (Wildman–Crippen MR) is 91.2 cm³/mol. The summed E-state index contributed by atoms with van der Waals surface area (Å²) in [6.07, 6.45) is 2.54. The molecule has 0 bridgehead atoms. The Morgan fingerprint density at radius 1 is 1.22 bits per heavy atom. The largest absolute Gasteiger partial charge is 0.466 e. The lowest BCUT2D eigenvalue weighted by Gasteiger charge is -2.05. The molecule has 0 aliphatic carbocycles. The first-order valence-corrected chi connectivity index (χ1v) is 8.79. The van der Waals surface area contributed by atoms with Crippen LogP contribution >= 0.6 is 11.3 Å². The van der Waals surface area contributed by atoms with Crippen molar-refractivity contribution in [2.24, 2.45) is 4.99 Å². The molecule has 1 aromatic heterocycles. The SMILES string of the molecule is CCCCC(=O)N=c1sc2ccccc2n1CCC(=O)OCC. The zero-order chi connectivity index (χ0) is 16.7. The van der Waals surface area contributed by atoms with E-state index in [4.69, 9.17) is 4.74 Å². The van der Waals surface area contributed by atoms with Crippen LogP contribution in [-0.4, -0.2) is 23.1 Å². The molecule has 0 fully saturated rings. The molecule has 124 valence electrons. The van der Waals surface area contributed by atoms with Gasteiger partial charge in [0, 0.05) is 13.0 Å². The average molecular weight is 334 g/mol. The van der Waals surface area contributed by atoms with Crippen LogP contribution in [-0.2, 0) is 20.9 Å². The lowest BCUT2D eigenvalue weighted by atomic mass is 10.2. The molecule has 1 amide bonds. The normalized spacial score (nSPS) is 11.8. The molecule has 2 rings (SSSR count). The number of amides is 1. The number of esters is 1. The molecule has 6 heteroatoms. The summed E-state index contributed by atoms with van der Waals surface area (Å²) in [6.45, 7) is 4.67. The molecule has 0 N–H and O–H groups in total. The van der Waals surface area contributed by atoms with Gasteiger partial charge in [-0.15, -0.1) is 0 Å². The lowest BCUT2D eigenvalue weighted by molar-refractivity contribution is -0.143. The molecule has 0 atom stereocenters. The van der Waals surface area contributed by atoms with Crippen molar-refractivity contribution >= 4 is 33.4 Å². The smallest absolute Gasteiger partial charge is 0.307 e. The first-order valence-electron chi connectivity index (χ1n) is 7.97. The number of ether oxygens (including phenoxy) is 1. The van der Waals surface area contributed by atoms with E-state index in [0.717, 1.165) is 23.1 Å². The van der Waals surface area contributed by atoms with Gasteiger partial charge < -0.3 is 9.30 Å². The van der Waals surface area contributed by atoms with Crippen molar-refractivity contribution < 1.29 is 14.3 Å². The van der Waals surface area contributed by atoms with Gasteiger partial charge in [-0.25, -0.2) is 0 Å². The number of aryl methyl sites for hydroxylation is 1. The van der Waals surface area contributed by atoms with Crippen LogP contribution in [0.15, 0.2) is 29.3 Å². The van der Waals surface area contributed by atoms with Crippen LogP contribution < -0.4 is 4.80 Å². The summed E-state index contributed by atoms with van der Waals surface area (Å²) < 4.78 is 7.97. The molecule has 0 saturated heterocycles. The van der Waals surface area contributed by atoms with Crippen molar-refractivity contribution in [3.05, 3.63) is 29.1 Å². The second-order valence-electron chi connectivity index (χ2n) is 5.17. The molecule has 0 aliphatic heterocycles. The van der Waals surface area contributed by atoms with Gasteiger partial charge in [0.25, 0.3) is 0 Å². The molecule has 2 aromatic rings. The van der Waals surface area contributed by atoms with Crippen LogP contribution in [0.4, 0.5) is 0 Å². The van der Waals surface area contributed by atoms with Gasteiger partial charge in [0.1, 0.15) is 0 Å². The summed E-state index contributed by atoms with van der Waals surface area (Å²) in [5.74, 6) is -0.346. The summed E-state index contributed by atoms with van der Waals surface area (Å²) in [7, 11) is 0. The Hall–Kier alpha value is -1.95. The minimum atomic E-state index is -0.237. The Bertz CT molecular complexity index is 746. The molecule has 0 spiro atoms. The van der Waals surface area contributed by atoms with E-state index in [1.165, 1.54) is 11.3 Å². The number of para-hydroxylation sites is 1. The van der Waals surface area contributed by atoms with Gasteiger partial charge >= 0.3 is 5.97 Å². The monoisotopic (exact) mass is 334 g/mol. The van der Waals surface area contributed by atoms with Crippen LogP contribution in [0, 0.1) is 0 Å². The number of unbranched alkanes of at least 4 members (excludes halogenated alkanes) is 1. The molecule has 0 unspecified atom stereocenters. The number of nitrogens with zero attached hydrogens (tertiary/aromatic N) is 2. The number of fused-ring (bicyclic) bond motifs is 1. The fourth-order valence-corrected chi connectivity index (χ4v) is 3.32. The summed E-state index contributed by atoms with van der Waals surface area (Å²) in [5.41, 5.74) is 0.990. The highest BCUT2D eigenvalue weighted by molar-refractivity contribution is 7.16. The zero-order valence-electron chi connectivity index (χ0n) is 13.6. The van der Waals surface area contributed by atoms with Crippen LogP contribution in [0.5, 0.6) is 0 Å². The fourth-order valence-electron chi connectivity index (χ4n) is 2.25. The van der Waals surface area contributed by atoms with E-state index in [9.17, 15) is 9.59 Å². The minimum absolute atomic E-state index is 0.108. The highest BCUT2D eigenvalue weighted by Crippen LogP contribution is 2.17. The van der Waals surface area contributed by atoms with Gasteiger partial charge in [0.2, 0.25) is 5.91 Å². The third kappa shape index (κ3) is 4.76. The third-order valence-electron chi connectivity index (χ3n) is 3.40. The van der Waals surface area contributed by atoms with Gasteiger partial charge in [-0.2, -0.15) is 4.99 Å². The van der Waals surface area contributed by atoms with Gasteiger partial charge in [0.05, 0.1) is 23.2 Å². The maximum absolute atomic E-state index is 12.0. The number of hydrogen-bond acceptors (Lipinski definition) is 4. The number of hydrogen-bond donors (Lipinski definition) is 0. The van der Waals surface area contributed by atoms with Crippen molar-refractivity contribution in [1.29, 1.82) is 0 Å². The van der Waals surface area contributed by atoms with Crippen molar-refractivity contribution in [2.45, 2.75) is 46.1 Å². The topological polar surface area (TPSA) is 60.7 Å². The first-order chi connectivity index (χ1) is 11.2. The second kappa shape index (κ2) is 8.62. The Morgan fingerprint density at radius 3 is 2.74 bits per heavy atom. The van der Waals surface area contributed by atoms with Crippen LogP contribution in [0.3, 0.4) is 0 Å². The third-order valence-corrected chi connectivity index (χ3v) is 4.46. The maximum atomic E-state index is 12.0. The highest BCUT2D eigenvalue weighted by atomic mass is 32.1. The number of aromatic nitrogens is 1. The van der Waals surface area contributed by atoms with Crippen LogP contribution in [0.2, 0.25) is 0 Å². The summed E-state index contributed by atoms with van der Waals surface area (Å²) in [4.78, 5) is 28.5. The van der Waals surface area contributed by atoms with E-state index < -0.39 is 0 Å². The molecule has 1 heterocycles. The molecule has 23 heavy (non-hydrogen) atoms. The van der Waals surface area contributed by atoms with Gasteiger partial charge in [-0.1, -0.05) is 36.8 Å². The molecule has 5 nitrogen and oxygen atoms in total.